The Hall–Kier alpha value is -1.20. The second-order valence-corrected chi connectivity index (χ2v) is 5.55. The maximum absolute atomic E-state index is 13.6. The summed E-state index contributed by atoms with van der Waals surface area (Å²) < 4.78 is 16.5. The van der Waals surface area contributed by atoms with Gasteiger partial charge in [-0.25, -0.2) is 4.39 Å². The normalized spacial score (nSPS) is 11.0. The van der Waals surface area contributed by atoms with Gasteiger partial charge in [0.1, 0.15) is 5.82 Å². The predicted octanol–water partition coefficient (Wildman–Crippen LogP) is 3.66. The first-order chi connectivity index (χ1) is 9.63. The Balaban J connectivity index is 1.99. The van der Waals surface area contributed by atoms with Crippen molar-refractivity contribution in [1.29, 1.82) is 0 Å². The molecule has 5 heteroatoms. The molecule has 0 amide bonds. The van der Waals surface area contributed by atoms with Crippen molar-refractivity contribution in [1.82, 2.24) is 15.1 Å². The lowest BCUT2D eigenvalue weighted by atomic mass is 10.2. The van der Waals surface area contributed by atoms with Crippen LogP contribution in [0, 0.1) is 5.82 Å². The van der Waals surface area contributed by atoms with E-state index in [0.29, 0.717) is 18.7 Å². The highest BCUT2D eigenvalue weighted by Crippen LogP contribution is 2.15. The van der Waals surface area contributed by atoms with Crippen molar-refractivity contribution in [2.24, 2.45) is 0 Å². The van der Waals surface area contributed by atoms with Crippen molar-refractivity contribution in [3.63, 3.8) is 0 Å². The molecule has 1 aromatic heterocycles. The fourth-order valence-corrected chi connectivity index (χ4v) is 2.52. The molecule has 0 bridgehead atoms. The predicted molar refractivity (Wildman–Crippen MR) is 81.9 cm³/mol. The molecular weight excluding hydrogens is 321 g/mol. The SMILES string of the molecule is CCc1cc(CNCc2cc(Br)ccc2F)n(CC)n1. The highest BCUT2D eigenvalue weighted by molar-refractivity contribution is 9.10. The van der Waals surface area contributed by atoms with Crippen LogP contribution >= 0.6 is 15.9 Å². The number of hydrogen-bond donors (Lipinski definition) is 1. The first-order valence-corrected chi connectivity index (χ1v) is 7.63. The first kappa shape index (κ1) is 15.2. The molecule has 0 aliphatic carbocycles. The lowest BCUT2D eigenvalue weighted by Gasteiger charge is -2.08. The summed E-state index contributed by atoms with van der Waals surface area (Å²) in [5.41, 5.74) is 2.90. The zero-order valence-electron chi connectivity index (χ0n) is 11.8. The number of nitrogens with one attached hydrogen (secondary N) is 1. The minimum atomic E-state index is -0.182. The molecule has 1 heterocycles. The standard InChI is InChI=1S/C15H19BrFN3/c1-3-13-8-14(20(4-2)19-13)10-18-9-11-7-12(16)5-6-15(11)17/h5-8,18H,3-4,9-10H2,1-2H3. The van der Waals surface area contributed by atoms with E-state index in [0.717, 1.165) is 28.8 Å². The van der Waals surface area contributed by atoms with Gasteiger partial charge in [0.05, 0.1) is 11.4 Å². The van der Waals surface area contributed by atoms with Gasteiger partial charge in [-0.2, -0.15) is 5.10 Å². The third-order valence-corrected chi connectivity index (χ3v) is 3.70. The van der Waals surface area contributed by atoms with Gasteiger partial charge in [-0.3, -0.25) is 4.68 Å². The van der Waals surface area contributed by atoms with Gasteiger partial charge in [-0.15, -0.1) is 0 Å². The lowest BCUT2D eigenvalue weighted by Crippen LogP contribution is -2.16. The van der Waals surface area contributed by atoms with Gasteiger partial charge in [0.15, 0.2) is 0 Å². The Morgan fingerprint density at radius 2 is 2.05 bits per heavy atom. The number of aromatic nitrogens is 2. The number of benzene rings is 1. The molecule has 0 radical (unpaired) electrons. The van der Waals surface area contributed by atoms with Gasteiger partial charge in [0.25, 0.3) is 0 Å². The van der Waals surface area contributed by atoms with E-state index in [1.54, 1.807) is 12.1 Å². The van der Waals surface area contributed by atoms with E-state index in [1.807, 2.05) is 4.68 Å². The van der Waals surface area contributed by atoms with Gasteiger partial charge < -0.3 is 5.32 Å². The third-order valence-electron chi connectivity index (χ3n) is 3.21. The van der Waals surface area contributed by atoms with Crippen LogP contribution in [-0.4, -0.2) is 9.78 Å². The van der Waals surface area contributed by atoms with Crippen LogP contribution in [-0.2, 0) is 26.1 Å². The summed E-state index contributed by atoms with van der Waals surface area (Å²) in [5, 5.41) is 7.78. The second kappa shape index (κ2) is 6.99. The van der Waals surface area contributed by atoms with Gasteiger partial charge in [-0.05, 0) is 37.6 Å². The summed E-state index contributed by atoms with van der Waals surface area (Å²) in [7, 11) is 0. The van der Waals surface area contributed by atoms with Crippen LogP contribution in [0.15, 0.2) is 28.7 Å². The molecule has 108 valence electrons. The highest BCUT2D eigenvalue weighted by Gasteiger charge is 2.06. The van der Waals surface area contributed by atoms with E-state index in [1.165, 1.54) is 6.07 Å². The number of nitrogens with zero attached hydrogens (tertiary/aromatic N) is 2. The van der Waals surface area contributed by atoms with Crippen molar-refractivity contribution >= 4 is 15.9 Å². The minimum absolute atomic E-state index is 0.182. The van der Waals surface area contributed by atoms with Crippen molar-refractivity contribution in [3.8, 4) is 0 Å². The average Bonchev–Trinajstić information content (AvgIpc) is 2.85. The second-order valence-electron chi connectivity index (χ2n) is 4.64. The number of rotatable bonds is 6. The molecular formula is C15H19BrFN3. The lowest BCUT2D eigenvalue weighted by molar-refractivity contribution is 0.559. The molecule has 0 aliphatic rings. The maximum atomic E-state index is 13.6. The summed E-state index contributed by atoms with van der Waals surface area (Å²) in [6.45, 7) is 6.21. The minimum Gasteiger partial charge on any atom is -0.307 e. The van der Waals surface area contributed by atoms with Gasteiger partial charge in [0, 0.05) is 29.7 Å². The van der Waals surface area contributed by atoms with E-state index in [9.17, 15) is 4.39 Å². The first-order valence-electron chi connectivity index (χ1n) is 6.84. The molecule has 3 nitrogen and oxygen atoms in total. The Kier molecular flexibility index (Phi) is 5.31. The molecule has 0 aliphatic heterocycles. The Bertz CT molecular complexity index is 580. The monoisotopic (exact) mass is 339 g/mol. The molecule has 0 unspecified atom stereocenters. The molecule has 0 spiro atoms. The third kappa shape index (κ3) is 3.67. The van der Waals surface area contributed by atoms with Gasteiger partial charge in [-0.1, -0.05) is 22.9 Å². The molecule has 1 aromatic carbocycles. The quantitative estimate of drug-likeness (QED) is 0.870. The summed E-state index contributed by atoms with van der Waals surface area (Å²) >= 11 is 3.36. The summed E-state index contributed by atoms with van der Waals surface area (Å²) in [6.07, 6.45) is 0.931. The largest absolute Gasteiger partial charge is 0.307 e. The molecule has 0 saturated heterocycles. The Morgan fingerprint density at radius 3 is 2.75 bits per heavy atom. The highest BCUT2D eigenvalue weighted by atomic mass is 79.9. The van der Waals surface area contributed by atoms with Crippen molar-refractivity contribution < 1.29 is 4.39 Å². The van der Waals surface area contributed by atoms with Crippen LogP contribution in [0.4, 0.5) is 4.39 Å². The van der Waals surface area contributed by atoms with Crippen LogP contribution in [0.2, 0.25) is 0 Å². The van der Waals surface area contributed by atoms with Crippen LogP contribution in [0.3, 0.4) is 0 Å². The van der Waals surface area contributed by atoms with E-state index in [-0.39, 0.29) is 5.82 Å². The fourth-order valence-electron chi connectivity index (χ4n) is 2.11. The number of halogens is 2. The van der Waals surface area contributed by atoms with E-state index < -0.39 is 0 Å². The van der Waals surface area contributed by atoms with Crippen molar-refractivity contribution in [2.45, 2.75) is 39.9 Å². The maximum Gasteiger partial charge on any atom is 0.127 e. The van der Waals surface area contributed by atoms with Crippen LogP contribution in [0.25, 0.3) is 0 Å². The number of aryl methyl sites for hydroxylation is 2. The molecule has 0 atom stereocenters. The average molecular weight is 340 g/mol. The van der Waals surface area contributed by atoms with Crippen molar-refractivity contribution in [2.75, 3.05) is 0 Å². The smallest absolute Gasteiger partial charge is 0.127 e. The summed E-state index contributed by atoms with van der Waals surface area (Å²) in [4.78, 5) is 0. The summed E-state index contributed by atoms with van der Waals surface area (Å²) in [6, 6.07) is 7.09. The molecule has 2 rings (SSSR count). The zero-order valence-corrected chi connectivity index (χ0v) is 13.4. The fraction of sp³-hybridized carbons (Fsp3) is 0.400. The van der Waals surface area contributed by atoms with Crippen LogP contribution < -0.4 is 5.32 Å². The van der Waals surface area contributed by atoms with Gasteiger partial charge in [0.2, 0.25) is 0 Å². The van der Waals surface area contributed by atoms with E-state index in [2.05, 4.69) is 46.3 Å². The molecule has 2 aromatic rings. The number of hydrogen-bond acceptors (Lipinski definition) is 2. The van der Waals surface area contributed by atoms with Gasteiger partial charge >= 0.3 is 0 Å². The van der Waals surface area contributed by atoms with Crippen molar-refractivity contribution in [3.05, 3.63) is 51.5 Å². The molecule has 20 heavy (non-hydrogen) atoms. The summed E-state index contributed by atoms with van der Waals surface area (Å²) in [5.74, 6) is -0.182. The van der Waals surface area contributed by atoms with Crippen LogP contribution in [0.1, 0.15) is 30.8 Å². The van der Waals surface area contributed by atoms with Crippen LogP contribution in [0.5, 0.6) is 0 Å². The Labute approximate surface area is 127 Å². The molecule has 1 N–H and O–H groups in total. The zero-order chi connectivity index (χ0) is 14.5. The molecule has 0 fully saturated rings. The van der Waals surface area contributed by atoms with E-state index in [4.69, 9.17) is 0 Å². The molecule has 0 saturated carbocycles. The van der Waals surface area contributed by atoms with E-state index >= 15 is 0 Å². The topological polar surface area (TPSA) is 29.9 Å². The Morgan fingerprint density at radius 1 is 1.25 bits per heavy atom.